The lowest BCUT2D eigenvalue weighted by molar-refractivity contribution is 0.0992. The molecule has 26 heavy (non-hydrogen) atoms. The largest absolute Gasteiger partial charge is 0.322 e. The van der Waals surface area contributed by atoms with Crippen molar-refractivity contribution in [2.24, 2.45) is 0 Å². The molecule has 0 atom stereocenters. The molecule has 3 rings (SSSR count). The third-order valence-electron chi connectivity index (χ3n) is 3.80. The molecular formula is C20H16FN3O2. The van der Waals surface area contributed by atoms with E-state index in [1.165, 1.54) is 47.6 Å². The van der Waals surface area contributed by atoms with Gasteiger partial charge >= 0.3 is 0 Å². The van der Waals surface area contributed by atoms with E-state index in [4.69, 9.17) is 0 Å². The van der Waals surface area contributed by atoms with Gasteiger partial charge in [0.2, 0.25) is 0 Å². The Hall–Kier alpha value is -3.54. The standard InChI is InChI=1S/C20H16FN3O2/c1-24(18-5-3-2-4-6-18)20(26)15-11-14(12-22-13-15)19(25)23-17-9-7-16(21)8-10-17/h2-13H,1H3,(H,23,25). The number of halogens is 1. The van der Waals surface area contributed by atoms with Gasteiger partial charge in [0.25, 0.3) is 11.8 Å². The van der Waals surface area contributed by atoms with E-state index in [1.807, 2.05) is 30.3 Å². The average molecular weight is 349 g/mol. The molecule has 0 bridgehead atoms. The maximum atomic E-state index is 12.9. The number of benzene rings is 2. The highest BCUT2D eigenvalue weighted by Crippen LogP contribution is 2.16. The Balaban J connectivity index is 1.78. The summed E-state index contributed by atoms with van der Waals surface area (Å²) in [5, 5.41) is 2.64. The van der Waals surface area contributed by atoms with Crippen LogP contribution in [0.15, 0.2) is 73.1 Å². The number of hydrogen-bond donors (Lipinski definition) is 1. The Morgan fingerprint density at radius 2 is 1.62 bits per heavy atom. The highest BCUT2D eigenvalue weighted by molar-refractivity contribution is 6.09. The van der Waals surface area contributed by atoms with E-state index in [0.717, 1.165) is 5.69 Å². The second-order valence-electron chi connectivity index (χ2n) is 5.62. The highest BCUT2D eigenvalue weighted by atomic mass is 19.1. The molecule has 0 aliphatic rings. The van der Waals surface area contributed by atoms with Gasteiger partial charge < -0.3 is 10.2 Å². The number of nitrogens with zero attached hydrogens (tertiary/aromatic N) is 2. The fraction of sp³-hybridized carbons (Fsp3) is 0.0500. The van der Waals surface area contributed by atoms with E-state index in [9.17, 15) is 14.0 Å². The summed E-state index contributed by atoms with van der Waals surface area (Å²) in [6.07, 6.45) is 2.79. The quantitative estimate of drug-likeness (QED) is 0.780. The van der Waals surface area contributed by atoms with E-state index in [0.29, 0.717) is 11.3 Å². The summed E-state index contributed by atoms with van der Waals surface area (Å²) in [7, 11) is 1.66. The minimum Gasteiger partial charge on any atom is -0.322 e. The monoisotopic (exact) mass is 349 g/mol. The second-order valence-corrected chi connectivity index (χ2v) is 5.62. The fourth-order valence-electron chi connectivity index (χ4n) is 2.38. The van der Waals surface area contributed by atoms with Gasteiger partial charge in [-0.25, -0.2) is 4.39 Å². The van der Waals surface area contributed by atoms with Crippen molar-refractivity contribution >= 4 is 23.2 Å². The predicted octanol–water partition coefficient (Wildman–Crippen LogP) is 3.75. The molecule has 0 aliphatic heterocycles. The minimum absolute atomic E-state index is 0.238. The number of pyridine rings is 1. The zero-order valence-electron chi connectivity index (χ0n) is 14.0. The van der Waals surface area contributed by atoms with Gasteiger partial charge in [-0.1, -0.05) is 18.2 Å². The van der Waals surface area contributed by atoms with Gasteiger partial charge in [-0.3, -0.25) is 14.6 Å². The summed E-state index contributed by atoms with van der Waals surface area (Å²) < 4.78 is 12.9. The second kappa shape index (κ2) is 7.57. The van der Waals surface area contributed by atoms with Gasteiger partial charge in [0.1, 0.15) is 5.82 Å². The van der Waals surface area contributed by atoms with Crippen molar-refractivity contribution in [3.63, 3.8) is 0 Å². The lowest BCUT2D eigenvalue weighted by atomic mass is 10.1. The van der Waals surface area contributed by atoms with Crippen LogP contribution in [0.1, 0.15) is 20.7 Å². The number of amides is 2. The molecular weight excluding hydrogens is 333 g/mol. The number of anilines is 2. The minimum atomic E-state index is -0.430. The predicted molar refractivity (Wildman–Crippen MR) is 97.8 cm³/mol. The van der Waals surface area contributed by atoms with Crippen LogP contribution >= 0.6 is 0 Å². The maximum Gasteiger partial charge on any atom is 0.259 e. The number of carbonyl (C=O) groups is 2. The van der Waals surface area contributed by atoms with Crippen molar-refractivity contribution in [3.05, 3.63) is 90.0 Å². The topological polar surface area (TPSA) is 62.3 Å². The van der Waals surface area contributed by atoms with Gasteiger partial charge in [-0.15, -0.1) is 0 Å². The van der Waals surface area contributed by atoms with E-state index in [-0.39, 0.29) is 17.3 Å². The number of para-hydroxylation sites is 1. The third-order valence-corrected chi connectivity index (χ3v) is 3.80. The molecule has 0 unspecified atom stereocenters. The molecule has 0 radical (unpaired) electrons. The first-order valence-electron chi connectivity index (χ1n) is 7.89. The van der Waals surface area contributed by atoms with Gasteiger partial charge in [0.05, 0.1) is 11.1 Å². The van der Waals surface area contributed by atoms with E-state index >= 15 is 0 Å². The first-order chi connectivity index (χ1) is 12.5. The molecule has 1 heterocycles. The Morgan fingerprint density at radius 1 is 0.962 bits per heavy atom. The molecule has 0 aliphatic carbocycles. The summed E-state index contributed by atoms with van der Waals surface area (Å²) >= 11 is 0. The maximum absolute atomic E-state index is 12.9. The number of hydrogen-bond acceptors (Lipinski definition) is 3. The van der Waals surface area contributed by atoms with E-state index in [1.54, 1.807) is 7.05 Å². The zero-order chi connectivity index (χ0) is 18.5. The smallest absolute Gasteiger partial charge is 0.259 e. The SMILES string of the molecule is CN(C(=O)c1cncc(C(=O)Nc2ccc(F)cc2)c1)c1ccccc1. The van der Waals surface area contributed by atoms with Gasteiger partial charge in [-0.2, -0.15) is 0 Å². The first kappa shape index (κ1) is 17.3. The van der Waals surface area contributed by atoms with Crippen LogP contribution in [-0.4, -0.2) is 23.8 Å². The van der Waals surface area contributed by atoms with Crippen LogP contribution in [0.5, 0.6) is 0 Å². The van der Waals surface area contributed by atoms with Gasteiger partial charge in [-0.05, 0) is 42.5 Å². The number of aromatic nitrogens is 1. The van der Waals surface area contributed by atoms with Crippen molar-refractivity contribution in [2.75, 3.05) is 17.3 Å². The van der Waals surface area contributed by atoms with Crippen LogP contribution in [0.2, 0.25) is 0 Å². The van der Waals surface area contributed by atoms with Crippen LogP contribution in [-0.2, 0) is 0 Å². The molecule has 0 fully saturated rings. The molecule has 1 aromatic heterocycles. The van der Waals surface area contributed by atoms with Crippen molar-refractivity contribution in [1.29, 1.82) is 0 Å². The summed E-state index contributed by atoms with van der Waals surface area (Å²) in [4.78, 5) is 30.4. The Morgan fingerprint density at radius 3 is 2.31 bits per heavy atom. The van der Waals surface area contributed by atoms with Crippen LogP contribution in [0.25, 0.3) is 0 Å². The Labute approximate surface area is 150 Å². The lowest BCUT2D eigenvalue weighted by Gasteiger charge is -2.17. The summed E-state index contributed by atoms with van der Waals surface area (Å²) in [5.74, 6) is -1.09. The van der Waals surface area contributed by atoms with Crippen LogP contribution < -0.4 is 10.2 Å². The molecule has 130 valence electrons. The Kier molecular flexibility index (Phi) is 5.03. The van der Waals surface area contributed by atoms with Crippen molar-refractivity contribution < 1.29 is 14.0 Å². The summed E-state index contributed by atoms with van der Waals surface area (Å²) in [6.45, 7) is 0. The molecule has 5 nitrogen and oxygen atoms in total. The van der Waals surface area contributed by atoms with Crippen LogP contribution in [0.3, 0.4) is 0 Å². The molecule has 0 spiro atoms. The average Bonchev–Trinajstić information content (AvgIpc) is 2.69. The number of rotatable bonds is 4. The third kappa shape index (κ3) is 3.92. The number of carbonyl (C=O) groups excluding carboxylic acids is 2. The molecule has 0 saturated carbocycles. The van der Waals surface area contributed by atoms with Gasteiger partial charge in [0.15, 0.2) is 0 Å². The molecule has 3 aromatic rings. The molecule has 2 aromatic carbocycles. The molecule has 0 saturated heterocycles. The Bertz CT molecular complexity index is 927. The van der Waals surface area contributed by atoms with Crippen molar-refractivity contribution in [3.8, 4) is 0 Å². The normalized spacial score (nSPS) is 10.2. The van der Waals surface area contributed by atoms with Crippen molar-refractivity contribution in [2.45, 2.75) is 0 Å². The van der Waals surface area contributed by atoms with Crippen LogP contribution in [0, 0.1) is 5.82 Å². The molecule has 1 N–H and O–H groups in total. The summed E-state index contributed by atoms with van der Waals surface area (Å²) in [5.41, 5.74) is 1.72. The first-order valence-corrected chi connectivity index (χ1v) is 7.89. The molecule has 2 amide bonds. The van der Waals surface area contributed by atoms with E-state index in [2.05, 4.69) is 10.3 Å². The van der Waals surface area contributed by atoms with Crippen LogP contribution in [0.4, 0.5) is 15.8 Å². The van der Waals surface area contributed by atoms with Gasteiger partial charge in [0, 0.05) is 30.8 Å². The summed E-state index contributed by atoms with van der Waals surface area (Å²) in [6, 6.07) is 16.1. The fourth-order valence-corrected chi connectivity index (χ4v) is 2.38. The van der Waals surface area contributed by atoms with E-state index < -0.39 is 5.91 Å². The molecule has 6 heteroatoms. The lowest BCUT2D eigenvalue weighted by Crippen LogP contribution is -2.26. The zero-order valence-corrected chi connectivity index (χ0v) is 14.0. The van der Waals surface area contributed by atoms with Crippen molar-refractivity contribution in [1.82, 2.24) is 4.98 Å². The number of nitrogens with one attached hydrogen (secondary N) is 1. The highest BCUT2D eigenvalue weighted by Gasteiger charge is 2.16.